The standard InChI is InChI=1S/C13H13NO/c1-15-12-8-4-6-10-9-5-2-3-7-11(9)14-13(10)12/h2-3,5,7,12,14H,6,8H2,1H3. The summed E-state index contributed by atoms with van der Waals surface area (Å²) < 4.78 is 5.45. The molecule has 0 amide bonds. The van der Waals surface area contributed by atoms with Crippen LogP contribution in [0.15, 0.2) is 24.3 Å². The van der Waals surface area contributed by atoms with Crippen LogP contribution < -0.4 is 0 Å². The van der Waals surface area contributed by atoms with Gasteiger partial charge in [0.1, 0.15) is 0 Å². The number of hydrogen-bond donors (Lipinski definition) is 1. The van der Waals surface area contributed by atoms with Crippen LogP contribution in [0.5, 0.6) is 0 Å². The van der Waals surface area contributed by atoms with E-state index in [1.165, 1.54) is 22.2 Å². The van der Waals surface area contributed by atoms with Crippen LogP contribution in [0.2, 0.25) is 0 Å². The lowest BCUT2D eigenvalue weighted by molar-refractivity contribution is 0.0952. The van der Waals surface area contributed by atoms with E-state index >= 15 is 0 Å². The van der Waals surface area contributed by atoms with Gasteiger partial charge in [-0.2, -0.15) is 0 Å². The topological polar surface area (TPSA) is 25.0 Å². The first kappa shape index (κ1) is 8.98. The van der Waals surface area contributed by atoms with Crippen molar-refractivity contribution in [2.45, 2.75) is 18.9 Å². The van der Waals surface area contributed by atoms with Gasteiger partial charge < -0.3 is 9.72 Å². The lowest BCUT2D eigenvalue weighted by atomic mass is 9.93. The van der Waals surface area contributed by atoms with Crippen LogP contribution in [0, 0.1) is 6.42 Å². The third-order valence-electron chi connectivity index (χ3n) is 3.08. The highest BCUT2D eigenvalue weighted by atomic mass is 16.5. The number of fused-ring (bicyclic) bond motifs is 3. The lowest BCUT2D eigenvalue weighted by Crippen LogP contribution is -2.10. The quantitative estimate of drug-likeness (QED) is 0.750. The van der Waals surface area contributed by atoms with Crippen LogP contribution in [0.25, 0.3) is 10.9 Å². The highest BCUT2D eigenvalue weighted by Gasteiger charge is 2.23. The minimum absolute atomic E-state index is 0.154. The maximum atomic E-state index is 5.45. The fraction of sp³-hybridized carbons (Fsp3) is 0.308. The molecule has 1 unspecified atom stereocenters. The van der Waals surface area contributed by atoms with Gasteiger partial charge in [0, 0.05) is 23.7 Å². The van der Waals surface area contributed by atoms with Gasteiger partial charge in [-0.15, -0.1) is 0 Å². The molecule has 2 aromatic rings. The number of para-hydroxylation sites is 1. The molecule has 0 fully saturated rings. The SMILES string of the molecule is COC1C[C]Cc2c1[nH]c1ccccc21. The van der Waals surface area contributed by atoms with Gasteiger partial charge in [0.05, 0.1) is 6.10 Å². The molecule has 1 aliphatic carbocycles. The van der Waals surface area contributed by atoms with Crippen molar-refractivity contribution in [1.82, 2.24) is 4.98 Å². The number of H-pyrrole nitrogens is 1. The van der Waals surface area contributed by atoms with E-state index in [1.54, 1.807) is 7.11 Å². The highest BCUT2D eigenvalue weighted by Crippen LogP contribution is 2.35. The average molecular weight is 199 g/mol. The van der Waals surface area contributed by atoms with Gasteiger partial charge in [-0.05, 0) is 30.9 Å². The summed E-state index contributed by atoms with van der Waals surface area (Å²) >= 11 is 0. The third-order valence-corrected chi connectivity index (χ3v) is 3.08. The molecule has 1 N–H and O–H groups in total. The lowest BCUT2D eigenvalue weighted by Gasteiger charge is -2.20. The Morgan fingerprint density at radius 2 is 2.27 bits per heavy atom. The van der Waals surface area contributed by atoms with Gasteiger partial charge in [-0.3, -0.25) is 0 Å². The second-order valence-electron chi connectivity index (χ2n) is 3.92. The molecule has 0 saturated heterocycles. The summed E-state index contributed by atoms with van der Waals surface area (Å²) in [5, 5.41) is 1.31. The van der Waals surface area contributed by atoms with Crippen LogP contribution in [0.4, 0.5) is 0 Å². The Hall–Kier alpha value is -1.28. The number of methoxy groups -OCH3 is 1. The zero-order valence-electron chi connectivity index (χ0n) is 8.71. The molecule has 0 aliphatic heterocycles. The Balaban J connectivity index is 2.24. The van der Waals surface area contributed by atoms with E-state index in [4.69, 9.17) is 4.74 Å². The molecule has 1 atom stereocenters. The fourth-order valence-electron chi connectivity index (χ4n) is 2.32. The van der Waals surface area contributed by atoms with E-state index in [0.29, 0.717) is 0 Å². The van der Waals surface area contributed by atoms with Gasteiger partial charge in [0.2, 0.25) is 0 Å². The van der Waals surface area contributed by atoms with E-state index in [0.717, 1.165) is 12.8 Å². The first-order valence-electron chi connectivity index (χ1n) is 5.23. The number of aromatic nitrogens is 1. The summed E-state index contributed by atoms with van der Waals surface area (Å²) in [5.74, 6) is 0. The van der Waals surface area contributed by atoms with Crippen molar-refractivity contribution in [3.63, 3.8) is 0 Å². The number of rotatable bonds is 1. The van der Waals surface area contributed by atoms with Crippen molar-refractivity contribution in [3.05, 3.63) is 41.9 Å². The molecule has 0 bridgehead atoms. The molecule has 0 saturated carbocycles. The maximum absolute atomic E-state index is 5.45. The third kappa shape index (κ3) is 1.29. The van der Waals surface area contributed by atoms with Crippen molar-refractivity contribution in [1.29, 1.82) is 0 Å². The Labute approximate surface area is 89.3 Å². The van der Waals surface area contributed by atoms with E-state index in [2.05, 4.69) is 35.7 Å². The highest BCUT2D eigenvalue weighted by molar-refractivity contribution is 5.85. The van der Waals surface area contributed by atoms with Crippen molar-refractivity contribution in [2.75, 3.05) is 7.11 Å². The molecule has 2 heteroatoms. The van der Waals surface area contributed by atoms with Crippen molar-refractivity contribution >= 4 is 10.9 Å². The number of aromatic amines is 1. The van der Waals surface area contributed by atoms with E-state index in [-0.39, 0.29) is 6.10 Å². The fourth-order valence-corrected chi connectivity index (χ4v) is 2.32. The number of hydrogen-bond acceptors (Lipinski definition) is 1. The summed E-state index contributed by atoms with van der Waals surface area (Å²) in [6.07, 6.45) is 5.34. The molecule has 1 aromatic heterocycles. The summed E-state index contributed by atoms with van der Waals surface area (Å²) in [6.45, 7) is 0. The summed E-state index contributed by atoms with van der Waals surface area (Å²) in [5.41, 5.74) is 3.79. The average Bonchev–Trinajstić information content (AvgIpc) is 2.67. The van der Waals surface area contributed by atoms with Crippen LogP contribution in [-0.2, 0) is 11.2 Å². The first-order chi connectivity index (χ1) is 7.40. The molecule has 0 spiro atoms. The van der Waals surface area contributed by atoms with Gasteiger partial charge in [0.15, 0.2) is 0 Å². The molecule has 1 heterocycles. The first-order valence-corrected chi connectivity index (χ1v) is 5.23. The van der Waals surface area contributed by atoms with E-state index < -0.39 is 0 Å². The summed E-state index contributed by atoms with van der Waals surface area (Å²) in [6, 6.07) is 8.40. The molecule has 2 radical (unpaired) electrons. The summed E-state index contributed by atoms with van der Waals surface area (Å²) in [7, 11) is 1.76. The minimum atomic E-state index is 0.154. The minimum Gasteiger partial charge on any atom is -0.375 e. The van der Waals surface area contributed by atoms with Crippen molar-refractivity contribution < 1.29 is 4.74 Å². The zero-order valence-corrected chi connectivity index (χ0v) is 8.71. The molecular formula is C13H13NO. The smallest absolute Gasteiger partial charge is 0.0977 e. The Kier molecular flexibility index (Phi) is 2.03. The predicted octanol–water partition coefficient (Wildman–Crippen LogP) is 2.88. The Bertz CT molecular complexity index is 486. The molecule has 1 aromatic carbocycles. The van der Waals surface area contributed by atoms with Crippen LogP contribution in [0.1, 0.15) is 23.8 Å². The summed E-state index contributed by atoms with van der Waals surface area (Å²) in [4.78, 5) is 3.45. The van der Waals surface area contributed by atoms with Crippen LogP contribution >= 0.6 is 0 Å². The predicted molar refractivity (Wildman–Crippen MR) is 59.6 cm³/mol. The van der Waals surface area contributed by atoms with Gasteiger partial charge in [-0.25, -0.2) is 0 Å². The maximum Gasteiger partial charge on any atom is 0.0977 e. The molecule has 76 valence electrons. The second-order valence-corrected chi connectivity index (χ2v) is 3.92. The van der Waals surface area contributed by atoms with Gasteiger partial charge in [0.25, 0.3) is 0 Å². The molecule has 3 rings (SSSR count). The number of benzene rings is 1. The second kappa shape index (κ2) is 3.38. The number of nitrogens with one attached hydrogen (secondary N) is 1. The van der Waals surface area contributed by atoms with E-state index in [1.807, 2.05) is 0 Å². The Morgan fingerprint density at radius 1 is 1.40 bits per heavy atom. The molecule has 1 aliphatic rings. The van der Waals surface area contributed by atoms with Gasteiger partial charge >= 0.3 is 0 Å². The zero-order chi connectivity index (χ0) is 10.3. The largest absolute Gasteiger partial charge is 0.375 e. The normalized spacial score (nSPS) is 20.5. The van der Waals surface area contributed by atoms with Crippen LogP contribution in [0.3, 0.4) is 0 Å². The van der Waals surface area contributed by atoms with Gasteiger partial charge in [-0.1, -0.05) is 18.2 Å². The molecular weight excluding hydrogens is 186 g/mol. The molecule has 2 nitrogen and oxygen atoms in total. The van der Waals surface area contributed by atoms with Crippen molar-refractivity contribution in [2.24, 2.45) is 0 Å². The van der Waals surface area contributed by atoms with E-state index in [9.17, 15) is 0 Å². The Morgan fingerprint density at radius 3 is 3.13 bits per heavy atom. The number of ether oxygens (including phenoxy) is 1. The van der Waals surface area contributed by atoms with Crippen LogP contribution in [-0.4, -0.2) is 12.1 Å². The molecule has 15 heavy (non-hydrogen) atoms. The monoisotopic (exact) mass is 199 g/mol. The van der Waals surface area contributed by atoms with Crippen molar-refractivity contribution in [3.8, 4) is 0 Å².